The highest BCUT2D eigenvalue weighted by atomic mass is 16.7. The summed E-state index contributed by atoms with van der Waals surface area (Å²) >= 11 is 0. The minimum Gasteiger partial charge on any atom is -0.455 e. The standard InChI is InChI=1S/C21H34NO3/c1-14-7-8-17-15(13-22(3)11-5-4-6-12-22)18(23)24-21(17)16(14)9-10-20(2)19(21)25-20/h14-17,19H,4-13H2,1-3H3/q+1/t14-,15+,16+,17+,19-,20-,21-/m1/s1. The number of epoxide rings is 1. The van der Waals surface area contributed by atoms with Crippen molar-refractivity contribution in [2.75, 3.05) is 26.7 Å². The normalized spacial score (nSPS) is 53.4. The van der Waals surface area contributed by atoms with Crippen molar-refractivity contribution in [1.82, 2.24) is 0 Å². The third-order valence-electron chi connectivity index (χ3n) is 8.62. The largest absolute Gasteiger partial charge is 0.455 e. The fraction of sp³-hybridized carbons (Fsp3) is 0.952. The van der Waals surface area contributed by atoms with Gasteiger partial charge < -0.3 is 14.0 Å². The molecule has 5 fully saturated rings. The average Bonchev–Trinajstić information content (AvgIpc) is 3.20. The summed E-state index contributed by atoms with van der Waals surface area (Å²) in [5.41, 5.74) is -0.327. The molecule has 0 N–H and O–H groups in total. The highest BCUT2D eigenvalue weighted by Gasteiger charge is 2.77. The summed E-state index contributed by atoms with van der Waals surface area (Å²) in [5.74, 6) is 1.72. The zero-order valence-electron chi connectivity index (χ0n) is 16.1. The molecule has 140 valence electrons. The molecule has 25 heavy (non-hydrogen) atoms. The lowest BCUT2D eigenvalue weighted by Gasteiger charge is -2.50. The van der Waals surface area contributed by atoms with E-state index in [9.17, 15) is 4.79 Å². The molecule has 2 aliphatic carbocycles. The Morgan fingerprint density at radius 3 is 2.64 bits per heavy atom. The topological polar surface area (TPSA) is 38.8 Å². The smallest absolute Gasteiger partial charge is 0.315 e. The van der Waals surface area contributed by atoms with Crippen molar-refractivity contribution in [2.24, 2.45) is 23.7 Å². The summed E-state index contributed by atoms with van der Waals surface area (Å²) in [6.45, 7) is 8.03. The number of esters is 1. The number of piperidine rings is 1. The van der Waals surface area contributed by atoms with Gasteiger partial charge in [-0.25, -0.2) is 0 Å². The summed E-state index contributed by atoms with van der Waals surface area (Å²) in [4.78, 5) is 13.1. The van der Waals surface area contributed by atoms with Crippen LogP contribution in [0.4, 0.5) is 0 Å². The molecule has 2 saturated carbocycles. The number of carbonyl (C=O) groups is 1. The van der Waals surface area contributed by atoms with Crippen molar-refractivity contribution in [3.8, 4) is 0 Å². The van der Waals surface area contributed by atoms with Gasteiger partial charge in [-0.1, -0.05) is 6.92 Å². The number of quaternary nitrogens is 1. The second-order valence-electron chi connectivity index (χ2n) is 10.3. The van der Waals surface area contributed by atoms with Crippen LogP contribution in [0.2, 0.25) is 0 Å². The second-order valence-corrected chi connectivity index (χ2v) is 10.3. The van der Waals surface area contributed by atoms with Crippen molar-refractivity contribution in [3.63, 3.8) is 0 Å². The van der Waals surface area contributed by atoms with Gasteiger partial charge in [0.15, 0.2) is 0 Å². The Bertz CT molecular complexity index is 586. The van der Waals surface area contributed by atoms with Gasteiger partial charge in [-0.2, -0.15) is 0 Å². The van der Waals surface area contributed by atoms with Crippen molar-refractivity contribution in [2.45, 2.75) is 76.1 Å². The van der Waals surface area contributed by atoms with Crippen LogP contribution in [0.5, 0.6) is 0 Å². The molecular weight excluding hydrogens is 314 g/mol. The Morgan fingerprint density at radius 2 is 1.88 bits per heavy atom. The summed E-state index contributed by atoms with van der Waals surface area (Å²) in [6.07, 6.45) is 8.81. The molecule has 1 spiro atoms. The van der Waals surface area contributed by atoms with E-state index in [4.69, 9.17) is 9.47 Å². The summed E-state index contributed by atoms with van der Waals surface area (Å²) in [7, 11) is 2.36. The maximum atomic E-state index is 13.1. The lowest BCUT2D eigenvalue weighted by atomic mass is 9.55. The molecule has 0 bridgehead atoms. The first-order valence-corrected chi connectivity index (χ1v) is 10.6. The van der Waals surface area contributed by atoms with Gasteiger partial charge in [0.2, 0.25) is 0 Å². The molecule has 0 aromatic rings. The number of hydrogen-bond acceptors (Lipinski definition) is 3. The van der Waals surface area contributed by atoms with Crippen molar-refractivity contribution in [3.05, 3.63) is 0 Å². The van der Waals surface area contributed by atoms with Crippen LogP contribution in [0.3, 0.4) is 0 Å². The SMILES string of the molecule is C[C@@H]1CC[C@H]2[C@H](C[N+]3(C)CCCCC3)C(=O)O[C@]23[C@H]1CC[C@@]1(C)O[C@@H]31. The number of hydrogen-bond donors (Lipinski definition) is 0. The third kappa shape index (κ3) is 2.22. The molecular formula is C21H34NO3+. The zero-order valence-corrected chi connectivity index (χ0v) is 16.1. The van der Waals surface area contributed by atoms with Gasteiger partial charge in [0.1, 0.15) is 17.6 Å². The minimum atomic E-state index is -0.304. The number of rotatable bonds is 2. The van der Waals surface area contributed by atoms with Gasteiger partial charge in [0, 0.05) is 11.8 Å². The number of fused-ring (bicyclic) bond motifs is 1. The van der Waals surface area contributed by atoms with E-state index >= 15 is 0 Å². The molecule has 0 aromatic heterocycles. The van der Waals surface area contributed by atoms with Crippen molar-refractivity contribution in [1.29, 1.82) is 0 Å². The molecule has 3 saturated heterocycles. The maximum Gasteiger partial charge on any atom is 0.315 e. The summed E-state index contributed by atoms with van der Waals surface area (Å²) in [5, 5.41) is 0. The zero-order chi connectivity index (χ0) is 17.4. The quantitative estimate of drug-likeness (QED) is 0.437. The van der Waals surface area contributed by atoms with Crippen LogP contribution < -0.4 is 0 Å². The van der Waals surface area contributed by atoms with E-state index in [0.29, 0.717) is 17.8 Å². The number of nitrogens with zero attached hydrogens (tertiary/aromatic N) is 1. The van der Waals surface area contributed by atoms with Crippen LogP contribution in [-0.2, 0) is 14.3 Å². The summed E-state index contributed by atoms with van der Waals surface area (Å²) in [6, 6.07) is 0. The Hall–Kier alpha value is -0.610. The molecule has 0 amide bonds. The molecule has 5 rings (SSSR count). The minimum absolute atomic E-state index is 0.0232. The Morgan fingerprint density at radius 1 is 1.12 bits per heavy atom. The number of likely N-dealkylation sites (tertiary alicyclic amines) is 1. The first-order valence-electron chi connectivity index (χ1n) is 10.6. The number of carbonyl (C=O) groups excluding carboxylic acids is 1. The Labute approximate surface area is 151 Å². The Balaban J connectivity index is 1.47. The first kappa shape index (κ1) is 16.6. The van der Waals surface area contributed by atoms with Crippen LogP contribution in [-0.4, -0.2) is 54.4 Å². The van der Waals surface area contributed by atoms with E-state index in [1.54, 1.807) is 0 Å². The Kier molecular flexibility index (Phi) is 3.46. The molecule has 3 heterocycles. The molecule has 3 aliphatic heterocycles. The van der Waals surface area contributed by atoms with Crippen LogP contribution in [0.1, 0.15) is 58.8 Å². The molecule has 0 radical (unpaired) electrons. The predicted octanol–water partition coefficient (Wildman–Crippen LogP) is 3.14. The fourth-order valence-corrected chi connectivity index (χ4v) is 7.19. The maximum absolute atomic E-state index is 13.1. The average molecular weight is 349 g/mol. The van der Waals surface area contributed by atoms with Gasteiger partial charge in [0.05, 0.1) is 32.3 Å². The van der Waals surface area contributed by atoms with Gasteiger partial charge in [-0.05, 0) is 57.8 Å². The van der Waals surface area contributed by atoms with E-state index in [2.05, 4.69) is 20.9 Å². The highest BCUT2D eigenvalue weighted by molar-refractivity contribution is 5.77. The predicted molar refractivity (Wildman–Crippen MR) is 94.8 cm³/mol. The first-order chi connectivity index (χ1) is 11.9. The van der Waals surface area contributed by atoms with Gasteiger partial charge in [-0.15, -0.1) is 0 Å². The van der Waals surface area contributed by atoms with Crippen LogP contribution in [0.15, 0.2) is 0 Å². The second kappa shape index (κ2) is 5.22. The molecule has 4 nitrogen and oxygen atoms in total. The fourth-order valence-electron chi connectivity index (χ4n) is 7.19. The molecule has 5 aliphatic rings. The van der Waals surface area contributed by atoms with Crippen LogP contribution in [0.25, 0.3) is 0 Å². The lowest BCUT2D eigenvalue weighted by molar-refractivity contribution is -0.916. The lowest BCUT2D eigenvalue weighted by Crippen LogP contribution is -2.59. The van der Waals surface area contributed by atoms with E-state index in [-0.39, 0.29) is 29.2 Å². The van der Waals surface area contributed by atoms with E-state index in [1.807, 2.05) is 0 Å². The molecule has 0 aromatic carbocycles. The van der Waals surface area contributed by atoms with Gasteiger partial charge in [-0.3, -0.25) is 4.79 Å². The summed E-state index contributed by atoms with van der Waals surface area (Å²) < 4.78 is 13.7. The third-order valence-corrected chi connectivity index (χ3v) is 8.62. The molecule has 4 heteroatoms. The van der Waals surface area contributed by atoms with E-state index < -0.39 is 0 Å². The van der Waals surface area contributed by atoms with Gasteiger partial charge >= 0.3 is 5.97 Å². The van der Waals surface area contributed by atoms with E-state index in [1.165, 1.54) is 38.8 Å². The highest BCUT2D eigenvalue weighted by Crippen LogP contribution is 2.66. The van der Waals surface area contributed by atoms with E-state index in [0.717, 1.165) is 30.3 Å². The van der Waals surface area contributed by atoms with Gasteiger partial charge in [0.25, 0.3) is 0 Å². The number of ether oxygens (including phenoxy) is 2. The van der Waals surface area contributed by atoms with Crippen molar-refractivity contribution >= 4 is 5.97 Å². The molecule has 0 unspecified atom stereocenters. The van der Waals surface area contributed by atoms with Crippen LogP contribution >= 0.6 is 0 Å². The van der Waals surface area contributed by atoms with Crippen molar-refractivity contribution < 1.29 is 18.8 Å². The molecule has 7 atom stereocenters. The monoisotopic (exact) mass is 348 g/mol. The van der Waals surface area contributed by atoms with Crippen LogP contribution in [0, 0.1) is 23.7 Å².